The third-order valence-electron chi connectivity index (χ3n) is 6.30. The van der Waals surface area contributed by atoms with E-state index in [9.17, 15) is 25.2 Å². The summed E-state index contributed by atoms with van der Waals surface area (Å²) >= 11 is 0. The molecule has 5 atom stereocenters. The zero-order valence-corrected chi connectivity index (χ0v) is 18.1. The molecule has 1 aromatic rings. The molecule has 9 heteroatoms. The van der Waals surface area contributed by atoms with Crippen LogP contribution in [0.4, 0.5) is 5.69 Å². The van der Waals surface area contributed by atoms with Crippen molar-refractivity contribution in [1.82, 2.24) is 4.90 Å². The standard InChI is InChI=1S/C23H31N3O6/c1-26(16-5-3-2-4-6-16)23(31)14-9-13(19(25)15(10-14)11-24)7-8-17-20(28)22(30)21(29)18(12-27)32-17/h9-11,16-18,20-22,24,27-30H,2-6,12,25H2,1H3/t17?,18?,20?,21-,22?/m1/s1. The van der Waals surface area contributed by atoms with Crippen LogP contribution in [0.25, 0.3) is 0 Å². The number of nitrogens with zero attached hydrogens (tertiary/aromatic N) is 1. The second-order valence-corrected chi connectivity index (χ2v) is 8.40. The Morgan fingerprint density at radius 2 is 1.91 bits per heavy atom. The molecule has 3 rings (SSSR count). The zero-order valence-electron chi connectivity index (χ0n) is 18.1. The first-order valence-corrected chi connectivity index (χ1v) is 10.8. The highest BCUT2D eigenvalue weighted by molar-refractivity contribution is 5.99. The zero-order chi connectivity index (χ0) is 23.4. The predicted octanol–water partition coefficient (Wildman–Crippen LogP) is -0.135. The van der Waals surface area contributed by atoms with Crippen LogP contribution < -0.4 is 5.73 Å². The van der Waals surface area contributed by atoms with Gasteiger partial charge in [0, 0.05) is 36.0 Å². The molecule has 0 radical (unpaired) electrons. The van der Waals surface area contributed by atoms with Crippen LogP contribution in [0, 0.1) is 17.3 Å². The first-order chi connectivity index (χ1) is 15.3. The first-order valence-electron chi connectivity index (χ1n) is 10.8. The van der Waals surface area contributed by atoms with Crippen LogP contribution in [0.5, 0.6) is 0 Å². The van der Waals surface area contributed by atoms with Gasteiger partial charge in [0.2, 0.25) is 0 Å². The first kappa shape index (κ1) is 24.2. The number of aliphatic hydroxyl groups is 4. The van der Waals surface area contributed by atoms with E-state index in [1.165, 1.54) is 6.42 Å². The summed E-state index contributed by atoms with van der Waals surface area (Å²) in [7, 11) is 1.78. The van der Waals surface area contributed by atoms with Crippen LogP contribution in [0.3, 0.4) is 0 Å². The Morgan fingerprint density at radius 3 is 2.53 bits per heavy atom. The van der Waals surface area contributed by atoms with E-state index in [4.69, 9.17) is 15.9 Å². The second-order valence-electron chi connectivity index (χ2n) is 8.40. The van der Waals surface area contributed by atoms with Gasteiger partial charge in [0.05, 0.1) is 12.3 Å². The smallest absolute Gasteiger partial charge is 0.253 e. The topological polar surface area (TPSA) is 160 Å². The Labute approximate surface area is 187 Å². The number of hydrogen-bond acceptors (Lipinski definition) is 8. The molecule has 32 heavy (non-hydrogen) atoms. The summed E-state index contributed by atoms with van der Waals surface area (Å²) in [6.07, 6.45) is -0.441. The highest BCUT2D eigenvalue weighted by Gasteiger charge is 2.42. The average molecular weight is 446 g/mol. The Morgan fingerprint density at radius 1 is 1.22 bits per heavy atom. The molecule has 1 amide bonds. The van der Waals surface area contributed by atoms with Gasteiger partial charge < -0.3 is 41.2 Å². The maximum atomic E-state index is 13.1. The fourth-order valence-electron chi connectivity index (χ4n) is 4.23. The quantitative estimate of drug-likeness (QED) is 0.214. The summed E-state index contributed by atoms with van der Waals surface area (Å²) < 4.78 is 5.40. The minimum atomic E-state index is -1.54. The summed E-state index contributed by atoms with van der Waals surface area (Å²) in [5, 5.41) is 47.0. The number of anilines is 1. The maximum Gasteiger partial charge on any atom is 0.253 e. The number of nitrogens with two attached hydrogens (primary N) is 1. The molecule has 7 N–H and O–H groups in total. The number of rotatable bonds is 4. The van der Waals surface area contributed by atoms with Crippen molar-refractivity contribution in [1.29, 1.82) is 5.41 Å². The number of nitrogens with one attached hydrogen (secondary N) is 1. The molecule has 174 valence electrons. The number of aliphatic hydroxyl groups excluding tert-OH is 4. The number of amides is 1. The lowest BCUT2D eigenvalue weighted by Crippen LogP contribution is -2.58. The molecular formula is C23H31N3O6. The van der Waals surface area contributed by atoms with E-state index >= 15 is 0 Å². The molecule has 1 heterocycles. The molecular weight excluding hydrogens is 414 g/mol. The van der Waals surface area contributed by atoms with Crippen molar-refractivity contribution in [2.24, 2.45) is 0 Å². The third kappa shape index (κ3) is 4.95. The Kier molecular flexibility index (Phi) is 7.87. The largest absolute Gasteiger partial charge is 0.397 e. The molecule has 1 aliphatic heterocycles. The summed E-state index contributed by atoms with van der Waals surface area (Å²) in [6, 6.07) is 3.27. The summed E-state index contributed by atoms with van der Waals surface area (Å²) in [5.41, 5.74) is 7.30. The monoisotopic (exact) mass is 445 g/mol. The van der Waals surface area contributed by atoms with E-state index in [0.717, 1.165) is 31.9 Å². The van der Waals surface area contributed by atoms with Gasteiger partial charge in [0.25, 0.3) is 5.91 Å². The lowest BCUT2D eigenvalue weighted by Gasteiger charge is -2.37. The fraction of sp³-hybridized carbons (Fsp3) is 0.565. The number of carbonyl (C=O) groups excluding carboxylic acids is 1. The Hall–Kier alpha value is -2.48. The second kappa shape index (κ2) is 10.4. The van der Waals surface area contributed by atoms with E-state index in [0.29, 0.717) is 11.1 Å². The fourth-order valence-corrected chi connectivity index (χ4v) is 4.23. The number of benzene rings is 1. The normalized spacial score (nSPS) is 28.5. The molecule has 1 aromatic carbocycles. The van der Waals surface area contributed by atoms with Gasteiger partial charge in [-0.3, -0.25) is 4.79 Å². The Bertz CT molecular complexity index is 903. The van der Waals surface area contributed by atoms with Crippen molar-refractivity contribution in [3.63, 3.8) is 0 Å². The van der Waals surface area contributed by atoms with Gasteiger partial charge in [-0.15, -0.1) is 0 Å². The molecule has 0 aromatic heterocycles. The Balaban J connectivity index is 1.89. The lowest BCUT2D eigenvalue weighted by molar-refractivity contribution is -0.214. The molecule has 9 nitrogen and oxygen atoms in total. The number of nitrogen functional groups attached to an aromatic ring is 1. The highest BCUT2D eigenvalue weighted by Crippen LogP contribution is 2.25. The van der Waals surface area contributed by atoms with Crippen LogP contribution >= 0.6 is 0 Å². The van der Waals surface area contributed by atoms with Crippen molar-refractivity contribution in [2.75, 3.05) is 19.4 Å². The van der Waals surface area contributed by atoms with Crippen LogP contribution in [-0.4, -0.2) is 87.7 Å². The van der Waals surface area contributed by atoms with Crippen molar-refractivity contribution in [3.05, 3.63) is 28.8 Å². The lowest BCUT2D eigenvalue weighted by atomic mass is 9.93. The molecule has 0 spiro atoms. The molecule has 2 aliphatic rings. The van der Waals surface area contributed by atoms with E-state index in [2.05, 4.69) is 11.8 Å². The summed E-state index contributed by atoms with van der Waals surface area (Å²) in [5.74, 6) is 5.26. The van der Waals surface area contributed by atoms with Crippen molar-refractivity contribution >= 4 is 17.8 Å². The third-order valence-corrected chi connectivity index (χ3v) is 6.30. The SMILES string of the molecule is CN(C(=O)c1cc(C#CC2OC(CO)[C@@H](O)C(O)C2O)c(N)c(C=N)c1)C1CCCCC1. The van der Waals surface area contributed by atoms with Crippen LogP contribution in [0.2, 0.25) is 0 Å². The minimum Gasteiger partial charge on any atom is -0.397 e. The van der Waals surface area contributed by atoms with Gasteiger partial charge in [0.1, 0.15) is 30.5 Å². The van der Waals surface area contributed by atoms with E-state index in [1.807, 2.05) is 0 Å². The van der Waals surface area contributed by atoms with E-state index < -0.39 is 37.1 Å². The molecule has 0 bridgehead atoms. The van der Waals surface area contributed by atoms with E-state index in [1.54, 1.807) is 24.1 Å². The van der Waals surface area contributed by atoms with Gasteiger partial charge in [-0.2, -0.15) is 0 Å². The van der Waals surface area contributed by atoms with Crippen molar-refractivity contribution < 1.29 is 30.0 Å². The van der Waals surface area contributed by atoms with Crippen LogP contribution in [-0.2, 0) is 4.74 Å². The van der Waals surface area contributed by atoms with Gasteiger partial charge in [0.15, 0.2) is 0 Å². The summed E-state index contributed by atoms with van der Waals surface area (Å²) in [4.78, 5) is 14.8. The molecule has 1 aliphatic carbocycles. The van der Waals surface area contributed by atoms with Crippen LogP contribution in [0.15, 0.2) is 12.1 Å². The molecule has 4 unspecified atom stereocenters. The average Bonchev–Trinajstić information content (AvgIpc) is 2.82. The van der Waals surface area contributed by atoms with Gasteiger partial charge in [-0.1, -0.05) is 31.1 Å². The number of carbonyl (C=O) groups is 1. The van der Waals surface area contributed by atoms with Gasteiger partial charge in [-0.25, -0.2) is 0 Å². The number of ether oxygens (including phenoxy) is 1. The highest BCUT2D eigenvalue weighted by atomic mass is 16.5. The predicted molar refractivity (Wildman–Crippen MR) is 118 cm³/mol. The molecule has 1 saturated carbocycles. The molecule has 2 fully saturated rings. The van der Waals surface area contributed by atoms with E-state index in [-0.39, 0.29) is 23.2 Å². The number of hydrogen-bond donors (Lipinski definition) is 6. The van der Waals surface area contributed by atoms with Crippen LogP contribution in [0.1, 0.15) is 53.6 Å². The van der Waals surface area contributed by atoms with Crippen molar-refractivity contribution in [2.45, 2.75) is 68.7 Å². The van der Waals surface area contributed by atoms with Gasteiger partial charge >= 0.3 is 0 Å². The minimum absolute atomic E-state index is 0.167. The van der Waals surface area contributed by atoms with Gasteiger partial charge in [-0.05, 0) is 25.0 Å². The molecule has 1 saturated heterocycles. The summed E-state index contributed by atoms with van der Waals surface area (Å²) in [6.45, 7) is -0.555. The maximum absolute atomic E-state index is 13.1. The van der Waals surface area contributed by atoms with Crippen molar-refractivity contribution in [3.8, 4) is 11.8 Å².